The molecule has 2 rings (SSSR count). The van der Waals surface area contributed by atoms with Gasteiger partial charge in [-0.2, -0.15) is 0 Å². The van der Waals surface area contributed by atoms with Crippen molar-refractivity contribution in [2.45, 2.75) is 6.54 Å². The van der Waals surface area contributed by atoms with Crippen LogP contribution in [0.25, 0.3) is 11.0 Å². The van der Waals surface area contributed by atoms with Gasteiger partial charge in [0.15, 0.2) is 0 Å². The number of rotatable bonds is 2. The van der Waals surface area contributed by atoms with Crippen LogP contribution in [0.3, 0.4) is 0 Å². The van der Waals surface area contributed by atoms with Crippen molar-refractivity contribution in [2.24, 2.45) is 0 Å². The minimum atomic E-state index is 0.517. The van der Waals surface area contributed by atoms with Crippen LogP contribution in [-0.2, 0) is 6.54 Å². The maximum atomic E-state index is 5.67. The fourth-order valence-electron chi connectivity index (χ4n) is 1.30. The Balaban J connectivity index is 2.55. The molecule has 0 saturated carbocycles. The molecule has 0 amide bonds. The Kier molecular flexibility index (Phi) is 1.90. The van der Waals surface area contributed by atoms with Crippen molar-refractivity contribution < 1.29 is 4.42 Å². The third kappa shape index (κ3) is 1.36. The summed E-state index contributed by atoms with van der Waals surface area (Å²) in [4.78, 5) is 3.98. The zero-order valence-electron chi connectivity index (χ0n) is 7.37. The molecule has 0 aliphatic rings. The zero-order chi connectivity index (χ0) is 9.26. The Labute approximate surface area is 75.7 Å². The molecule has 0 fully saturated rings. The zero-order valence-corrected chi connectivity index (χ0v) is 7.37. The topological polar surface area (TPSA) is 64.1 Å². The molecule has 0 atom stereocenters. The molecular weight excluding hydrogens is 166 g/mol. The molecule has 13 heavy (non-hydrogen) atoms. The Bertz CT molecular complexity index is 422. The number of nitrogens with zero attached hydrogens (tertiary/aromatic N) is 1. The summed E-state index contributed by atoms with van der Waals surface area (Å²) in [6.07, 6.45) is 1.64. The number of aromatic nitrogens is 1. The molecule has 68 valence electrons. The second-order valence-electron chi connectivity index (χ2n) is 2.85. The van der Waals surface area contributed by atoms with Crippen LogP contribution < -0.4 is 11.1 Å². The van der Waals surface area contributed by atoms with E-state index < -0.39 is 0 Å². The van der Waals surface area contributed by atoms with Crippen molar-refractivity contribution in [1.29, 1.82) is 0 Å². The molecule has 0 spiro atoms. The molecule has 2 aromatic rings. The number of hydrogen-bond acceptors (Lipinski definition) is 4. The van der Waals surface area contributed by atoms with Gasteiger partial charge >= 0.3 is 0 Å². The standard InChI is InChI=1S/C9H11N3O/c1-11-5-6-4-7-8(13-6)2-3-12-9(7)10/h2-4,11H,5H2,1H3,(H2,10,12). The van der Waals surface area contributed by atoms with Gasteiger partial charge in [-0.05, 0) is 19.2 Å². The van der Waals surface area contributed by atoms with Crippen LogP contribution >= 0.6 is 0 Å². The predicted molar refractivity (Wildman–Crippen MR) is 51.2 cm³/mol. The highest BCUT2D eigenvalue weighted by molar-refractivity contribution is 5.87. The first kappa shape index (κ1) is 8.07. The van der Waals surface area contributed by atoms with Gasteiger partial charge in [0, 0.05) is 6.20 Å². The minimum absolute atomic E-state index is 0.517. The van der Waals surface area contributed by atoms with Gasteiger partial charge in [-0.15, -0.1) is 0 Å². The van der Waals surface area contributed by atoms with Crippen LogP contribution in [-0.4, -0.2) is 12.0 Å². The van der Waals surface area contributed by atoms with E-state index in [2.05, 4.69) is 10.3 Å². The maximum Gasteiger partial charge on any atom is 0.139 e. The van der Waals surface area contributed by atoms with Gasteiger partial charge in [0.2, 0.25) is 0 Å². The number of anilines is 1. The molecule has 0 bridgehead atoms. The van der Waals surface area contributed by atoms with E-state index in [-0.39, 0.29) is 0 Å². The summed E-state index contributed by atoms with van der Waals surface area (Å²) in [6.45, 7) is 0.703. The van der Waals surface area contributed by atoms with Crippen molar-refractivity contribution in [3.05, 3.63) is 24.1 Å². The minimum Gasteiger partial charge on any atom is -0.460 e. The van der Waals surface area contributed by atoms with E-state index in [9.17, 15) is 0 Å². The second kappa shape index (κ2) is 3.06. The number of hydrogen-bond donors (Lipinski definition) is 2. The molecule has 2 heterocycles. The van der Waals surface area contributed by atoms with E-state index in [1.54, 1.807) is 6.20 Å². The van der Waals surface area contributed by atoms with E-state index >= 15 is 0 Å². The smallest absolute Gasteiger partial charge is 0.139 e. The molecular formula is C9H11N3O. The highest BCUT2D eigenvalue weighted by Crippen LogP contribution is 2.22. The van der Waals surface area contributed by atoms with Gasteiger partial charge in [0.1, 0.15) is 17.2 Å². The van der Waals surface area contributed by atoms with Crippen LogP contribution in [0.4, 0.5) is 5.82 Å². The first-order chi connectivity index (χ1) is 6.31. The third-order valence-electron chi connectivity index (χ3n) is 1.88. The predicted octanol–water partition coefficient (Wildman–Crippen LogP) is 1.13. The molecule has 4 nitrogen and oxygen atoms in total. The van der Waals surface area contributed by atoms with Gasteiger partial charge in [-0.1, -0.05) is 0 Å². The van der Waals surface area contributed by atoms with Crippen molar-refractivity contribution in [3.8, 4) is 0 Å². The summed E-state index contributed by atoms with van der Waals surface area (Å²) in [5, 5.41) is 3.89. The van der Waals surface area contributed by atoms with Crippen molar-refractivity contribution in [1.82, 2.24) is 10.3 Å². The van der Waals surface area contributed by atoms with Gasteiger partial charge in [-0.25, -0.2) is 4.98 Å². The molecule has 0 aliphatic carbocycles. The fraction of sp³-hybridized carbons (Fsp3) is 0.222. The Morgan fingerprint density at radius 3 is 3.15 bits per heavy atom. The lowest BCUT2D eigenvalue weighted by atomic mass is 10.3. The molecule has 0 saturated heterocycles. The van der Waals surface area contributed by atoms with Gasteiger partial charge in [0.25, 0.3) is 0 Å². The van der Waals surface area contributed by atoms with E-state index in [1.165, 1.54) is 0 Å². The monoisotopic (exact) mass is 177 g/mol. The summed E-state index contributed by atoms with van der Waals surface area (Å²) < 4.78 is 5.51. The first-order valence-corrected chi connectivity index (χ1v) is 4.09. The maximum absolute atomic E-state index is 5.67. The van der Waals surface area contributed by atoms with Crippen molar-refractivity contribution in [2.75, 3.05) is 12.8 Å². The summed E-state index contributed by atoms with van der Waals surface area (Å²) in [6, 6.07) is 3.72. The molecule has 0 aromatic carbocycles. The van der Waals surface area contributed by atoms with Gasteiger partial charge in [0.05, 0.1) is 11.9 Å². The van der Waals surface area contributed by atoms with E-state index in [4.69, 9.17) is 10.2 Å². The van der Waals surface area contributed by atoms with E-state index in [0.717, 1.165) is 16.7 Å². The SMILES string of the molecule is CNCc1cc2c(N)nccc2o1. The first-order valence-electron chi connectivity index (χ1n) is 4.09. The van der Waals surface area contributed by atoms with Crippen molar-refractivity contribution in [3.63, 3.8) is 0 Å². The molecule has 4 heteroatoms. The Morgan fingerprint density at radius 1 is 1.62 bits per heavy atom. The number of pyridine rings is 1. The second-order valence-corrected chi connectivity index (χ2v) is 2.85. The van der Waals surface area contributed by atoms with Crippen molar-refractivity contribution >= 4 is 16.8 Å². The molecule has 0 radical (unpaired) electrons. The van der Waals surface area contributed by atoms with E-state index in [1.807, 2.05) is 19.2 Å². The number of nitrogens with one attached hydrogen (secondary N) is 1. The summed E-state index contributed by atoms with van der Waals surface area (Å²) >= 11 is 0. The summed E-state index contributed by atoms with van der Waals surface area (Å²) in [5.41, 5.74) is 6.46. The quantitative estimate of drug-likeness (QED) is 0.721. The Hall–Kier alpha value is -1.55. The Morgan fingerprint density at radius 2 is 2.46 bits per heavy atom. The van der Waals surface area contributed by atoms with Gasteiger partial charge < -0.3 is 15.5 Å². The number of fused-ring (bicyclic) bond motifs is 1. The number of furan rings is 1. The fourth-order valence-corrected chi connectivity index (χ4v) is 1.30. The average Bonchev–Trinajstić information content (AvgIpc) is 2.49. The van der Waals surface area contributed by atoms with E-state index in [0.29, 0.717) is 12.4 Å². The van der Waals surface area contributed by atoms with Gasteiger partial charge in [-0.3, -0.25) is 0 Å². The number of nitrogens with two attached hydrogens (primary N) is 1. The van der Waals surface area contributed by atoms with Crippen LogP contribution in [0.1, 0.15) is 5.76 Å². The average molecular weight is 177 g/mol. The molecule has 0 aliphatic heterocycles. The largest absolute Gasteiger partial charge is 0.460 e. The molecule has 2 aromatic heterocycles. The number of nitrogen functional groups attached to an aromatic ring is 1. The summed E-state index contributed by atoms with van der Waals surface area (Å²) in [7, 11) is 1.87. The van der Waals surface area contributed by atoms with Crippen LogP contribution in [0, 0.1) is 0 Å². The molecule has 0 unspecified atom stereocenters. The molecule has 3 N–H and O–H groups in total. The normalized spacial score (nSPS) is 10.8. The highest BCUT2D eigenvalue weighted by atomic mass is 16.3. The lowest BCUT2D eigenvalue weighted by Gasteiger charge is -1.90. The van der Waals surface area contributed by atoms with Crippen LogP contribution in [0.15, 0.2) is 22.7 Å². The van der Waals surface area contributed by atoms with Crippen LogP contribution in [0.5, 0.6) is 0 Å². The third-order valence-corrected chi connectivity index (χ3v) is 1.88. The highest BCUT2D eigenvalue weighted by Gasteiger charge is 2.05. The lowest BCUT2D eigenvalue weighted by molar-refractivity contribution is 0.530. The summed E-state index contributed by atoms with van der Waals surface area (Å²) in [5.74, 6) is 1.39. The lowest BCUT2D eigenvalue weighted by Crippen LogP contribution is -2.03. The van der Waals surface area contributed by atoms with Crippen LogP contribution in [0.2, 0.25) is 0 Å².